The van der Waals surface area contributed by atoms with Gasteiger partial charge in [0.05, 0.1) is 0 Å². The number of hydrogen-bond acceptors (Lipinski definition) is 1. The van der Waals surface area contributed by atoms with Crippen LogP contribution in [0.25, 0.3) is 0 Å². The molecule has 0 atom stereocenters. The number of aromatic hydroxyl groups is 1. The van der Waals surface area contributed by atoms with Crippen LogP contribution in [-0.4, -0.2) is 5.11 Å². The third-order valence-electron chi connectivity index (χ3n) is 2.36. The van der Waals surface area contributed by atoms with Gasteiger partial charge in [-0.3, -0.25) is 0 Å². The topological polar surface area (TPSA) is 20.2 Å². The van der Waals surface area contributed by atoms with E-state index < -0.39 is 0 Å². The number of aryl methyl sites for hydroxylation is 2. The fraction of sp³-hybridized carbons (Fsp3) is 0.500. The van der Waals surface area contributed by atoms with Gasteiger partial charge in [-0.25, -0.2) is 0 Å². The van der Waals surface area contributed by atoms with Gasteiger partial charge in [-0.2, -0.15) is 0 Å². The van der Waals surface area contributed by atoms with Gasteiger partial charge in [0.15, 0.2) is 0 Å². The number of rotatable bonds is 0. The molecular weight excluding hydrogens is 183 g/mol. The van der Waals surface area contributed by atoms with Crippen molar-refractivity contribution < 1.29 is 36.1 Å². The van der Waals surface area contributed by atoms with Crippen molar-refractivity contribution >= 4 is 0 Å². The summed E-state index contributed by atoms with van der Waals surface area (Å²) in [6, 6.07) is 4.12. The molecule has 0 heterocycles. The molecule has 0 aliphatic heterocycles. The third kappa shape index (κ3) is 3.01. The Morgan fingerprint density at radius 1 is 1.07 bits per heavy atom. The maximum atomic E-state index is 9.60. The summed E-state index contributed by atoms with van der Waals surface area (Å²) in [5, 5.41) is 9.60. The molecule has 1 rings (SSSR count). The molecule has 0 aromatic heterocycles. The van der Waals surface area contributed by atoms with Crippen molar-refractivity contribution in [3.63, 3.8) is 0 Å². The molecule has 0 unspecified atom stereocenters. The van der Waals surface area contributed by atoms with Crippen LogP contribution in [0.15, 0.2) is 12.1 Å². The maximum Gasteiger partial charge on any atom is 1.00 e. The maximum absolute atomic E-state index is 9.60. The standard InChI is InChI=1S/C12H18O.Na.H/c1-8-6-10(12(3,4)5)7-9(2)11(8)13;;/h6-7,13H,1-5H3;;/q;+1;-1. The van der Waals surface area contributed by atoms with E-state index in [0.29, 0.717) is 5.75 Å². The van der Waals surface area contributed by atoms with Gasteiger partial charge in [-0.1, -0.05) is 32.9 Å². The summed E-state index contributed by atoms with van der Waals surface area (Å²) in [6.45, 7) is 10.4. The normalized spacial score (nSPS) is 10.9. The van der Waals surface area contributed by atoms with Crippen molar-refractivity contribution in [1.29, 1.82) is 0 Å². The molecule has 2 heteroatoms. The van der Waals surface area contributed by atoms with Gasteiger partial charge in [-0.15, -0.1) is 0 Å². The molecule has 1 aromatic carbocycles. The smallest absolute Gasteiger partial charge is 1.00 e. The average Bonchev–Trinajstić information content (AvgIpc) is 1.97. The molecule has 0 bridgehead atoms. The molecule has 14 heavy (non-hydrogen) atoms. The first kappa shape index (κ1) is 14.0. The van der Waals surface area contributed by atoms with Gasteiger partial charge in [0.25, 0.3) is 0 Å². The number of phenols is 1. The van der Waals surface area contributed by atoms with E-state index >= 15 is 0 Å². The third-order valence-corrected chi connectivity index (χ3v) is 2.36. The van der Waals surface area contributed by atoms with E-state index in [1.165, 1.54) is 5.56 Å². The van der Waals surface area contributed by atoms with Crippen molar-refractivity contribution in [1.82, 2.24) is 0 Å². The average molecular weight is 202 g/mol. The van der Waals surface area contributed by atoms with Crippen molar-refractivity contribution in [2.45, 2.75) is 40.0 Å². The van der Waals surface area contributed by atoms with Crippen LogP contribution in [0.4, 0.5) is 0 Å². The van der Waals surface area contributed by atoms with Gasteiger partial charge >= 0.3 is 29.6 Å². The Morgan fingerprint density at radius 3 is 1.71 bits per heavy atom. The molecule has 0 radical (unpaired) electrons. The zero-order valence-corrected chi connectivity index (χ0v) is 12.1. The first-order valence-electron chi connectivity index (χ1n) is 4.63. The summed E-state index contributed by atoms with van der Waals surface area (Å²) in [6.07, 6.45) is 0. The van der Waals surface area contributed by atoms with E-state index in [4.69, 9.17) is 0 Å². The summed E-state index contributed by atoms with van der Waals surface area (Å²) in [5.41, 5.74) is 3.36. The van der Waals surface area contributed by atoms with Gasteiger partial charge in [0, 0.05) is 0 Å². The van der Waals surface area contributed by atoms with E-state index in [9.17, 15) is 5.11 Å². The monoisotopic (exact) mass is 202 g/mol. The fourth-order valence-electron chi connectivity index (χ4n) is 1.39. The number of phenolic OH excluding ortho intramolecular Hbond substituents is 1. The van der Waals surface area contributed by atoms with Crippen molar-refractivity contribution in [3.05, 3.63) is 28.8 Å². The molecule has 1 N–H and O–H groups in total. The predicted octanol–water partition coefficient (Wildman–Crippen LogP) is 0.423. The molecule has 0 fully saturated rings. The Bertz CT molecular complexity index is 306. The van der Waals surface area contributed by atoms with Crippen molar-refractivity contribution in [2.75, 3.05) is 0 Å². The Kier molecular flexibility index (Phi) is 4.70. The molecular formula is C12H19NaO. The van der Waals surface area contributed by atoms with E-state index in [-0.39, 0.29) is 36.4 Å². The summed E-state index contributed by atoms with van der Waals surface area (Å²) in [4.78, 5) is 0. The van der Waals surface area contributed by atoms with Gasteiger partial charge in [0.2, 0.25) is 0 Å². The first-order valence-corrected chi connectivity index (χ1v) is 4.63. The summed E-state index contributed by atoms with van der Waals surface area (Å²) >= 11 is 0. The van der Waals surface area contributed by atoms with Crippen LogP contribution in [0.1, 0.15) is 38.9 Å². The molecule has 1 nitrogen and oxygen atoms in total. The number of hydrogen-bond donors (Lipinski definition) is 1. The largest absolute Gasteiger partial charge is 1.00 e. The van der Waals surface area contributed by atoms with Crippen LogP contribution in [0, 0.1) is 13.8 Å². The van der Waals surface area contributed by atoms with Crippen molar-refractivity contribution in [2.24, 2.45) is 0 Å². The molecule has 0 amide bonds. The molecule has 0 saturated carbocycles. The quantitative estimate of drug-likeness (QED) is 0.605. The van der Waals surface area contributed by atoms with Crippen LogP contribution in [-0.2, 0) is 5.41 Å². The number of benzene rings is 1. The summed E-state index contributed by atoms with van der Waals surface area (Å²) in [7, 11) is 0. The second-order valence-corrected chi connectivity index (χ2v) is 4.71. The second kappa shape index (κ2) is 4.69. The zero-order chi connectivity index (χ0) is 10.2. The van der Waals surface area contributed by atoms with E-state index in [1.807, 2.05) is 13.8 Å². The fourth-order valence-corrected chi connectivity index (χ4v) is 1.39. The second-order valence-electron chi connectivity index (χ2n) is 4.71. The Labute approximate surface area is 110 Å². The van der Waals surface area contributed by atoms with E-state index in [1.54, 1.807) is 0 Å². The van der Waals surface area contributed by atoms with Gasteiger partial charge in [0.1, 0.15) is 5.75 Å². The molecule has 0 aliphatic rings. The van der Waals surface area contributed by atoms with Crippen LogP contribution >= 0.6 is 0 Å². The minimum atomic E-state index is 0. The minimum Gasteiger partial charge on any atom is -1.00 e. The van der Waals surface area contributed by atoms with Crippen molar-refractivity contribution in [3.8, 4) is 5.75 Å². The Morgan fingerprint density at radius 2 is 1.43 bits per heavy atom. The van der Waals surface area contributed by atoms with Gasteiger partial charge in [-0.05, 0) is 36.0 Å². The van der Waals surface area contributed by atoms with E-state index in [0.717, 1.165) is 11.1 Å². The molecule has 0 saturated heterocycles. The first-order chi connectivity index (χ1) is 5.82. The molecule has 1 aromatic rings. The summed E-state index contributed by atoms with van der Waals surface area (Å²) in [5.74, 6) is 0.424. The zero-order valence-electron chi connectivity index (χ0n) is 11.1. The van der Waals surface area contributed by atoms with Gasteiger partial charge < -0.3 is 6.53 Å². The molecule has 74 valence electrons. The summed E-state index contributed by atoms with van der Waals surface area (Å²) < 4.78 is 0. The SMILES string of the molecule is Cc1cc(C(C)(C)C)cc(C)c1O.[H-].[Na+]. The van der Waals surface area contributed by atoms with Crippen LogP contribution in [0.2, 0.25) is 0 Å². The Balaban J connectivity index is 0. The molecule has 0 spiro atoms. The van der Waals surface area contributed by atoms with Crippen LogP contribution < -0.4 is 29.6 Å². The van der Waals surface area contributed by atoms with Crippen LogP contribution in [0.3, 0.4) is 0 Å². The minimum absolute atomic E-state index is 0. The predicted molar refractivity (Wildman–Crippen MR) is 57.4 cm³/mol. The van der Waals surface area contributed by atoms with E-state index in [2.05, 4.69) is 32.9 Å². The van der Waals surface area contributed by atoms with Crippen LogP contribution in [0.5, 0.6) is 5.75 Å². The Hall–Kier alpha value is 0.0200. The molecule has 0 aliphatic carbocycles.